The molecule has 0 N–H and O–H groups in total. The summed E-state index contributed by atoms with van der Waals surface area (Å²) in [5.74, 6) is -0.174. The summed E-state index contributed by atoms with van der Waals surface area (Å²) in [4.78, 5) is 10.5. The zero-order valence-corrected chi connectivity index (χ0v) is 10.4. The first-order chi connectivity index (χ1) is 7.77. The van der Waals surface area contributed by atoms with Gasteiger partial charge in [0, 0.05) is 6.92 Å². The van der Waals surface area contributed by atoms with E-state index in [9.17, 15) is 4.79 Å². The second-order valence-electron chi connectivity index (χ2n) is 3.89. The molecule has 92 valence electrons. The Hall–Kier alpha value is -1.05. The van der Waals surface area contributed by atoms with E-state index < -0.39 is 0 Å². The summed E-state index contributed by atoms with van der Waals surface area (Å²) in [7, 11) is 0. The molecular weight excluding hydrogens is 200 g/mol. The number of ether oxygens (including phenoxy) is 1. The highest BCUT2D eigenvalue weighted by atomic mass is 16.5. The minimum absolute atomic E-state index is 0.174. The maximum Gasteiger partial charge on any atom is 0.302 e. The van der Waals surface area contributed by atoms with Crippen LogP contribution < -0.4 is 0 Å². The maximum atomic E-state index is 10.5. The van der Waals surface area contributed by atoms with E-state index in [2.05, 4.69) is 18.7 Å². The summed E-state index contributed by atoms with van der Waals surface area (Å²) < 4.78 is 4.85. The van der Waals surface area contributed by atoms with Crippen molar-refractivity contribution in [3.63, 3.8) is 0 Å². The first-order valence-corrected chi connectivity index (χ1v) is 6.16. The lowest BCUT2D eigenvalue weighted by Crippen LogP contribution is -1.99. The second kappa shape index (κ2) is 12.0. The third-order valence-corrected chi connectivity index (χ3v) is 2.29. The number of allylic oxidation sites excluding steroid dienone is 3. The Morgan fingerprint density at radius 3 is 2.50 bits per heavy atom. The van der Waals surface area contributed by atoms with E-state index in [1.165, 1.54) is 26.2 Å². The van der Waals surface area contributed by atoms with Crippen molar-refractivity contribution in [1.29, 1.82) is 0 Å². The zero-order chi connectivity index (χ0) is 12.1. The third kappa shape index (κ3) is 12.9. The number of unbranched alkanes of at least 4 members (excludes halogenated alkanes) is 5. The van der Waals surface area contributed by atoms with Crippen LogP contribution in [0.3, 0.4) is 0 Å². The summed E-state index contributed by atoms with van der Waals surface area (Å²) in [6.45, 7) is 5.69. The van der Waals surface area contributed by atoms with Gasteiger partial charge in [-0.15, -0.1) is 6.58 Å². The SMILES string of the molecule is C=CC/C=C/CCCCCCCOC(C)=O. The molecule has 0 aromatic heterocycles. The highest BCUT2D eigenvalue weighted by Crippen LogP contribution is 2.06. The number of carbonyl (C=O) groups is 1. The third-order valence-electron chi connectivity index (χ3n) is 2.29. The van der Waals surface area contributed by atoms with Gasteiger partial charge in [-0.05, 0) is 25.7 Å². The smallest absolute Gasteiger partial charge is 0.302 e. The lowest BCUT2D eigenvalue weighted by molar-refractivity contribution is -0.141. The van der Waals surface area contributed by atoms with Gasteiger partial charge in [-0.25, -0.2) is 0 Å². The second-order valence-corrected chi connectivity index (χ2v) is 3.89. The van der Waals surface area contributed by atoms with Gasteiger partial charge in [0.1, 0.15) is 0 Å². The summed E-state index contributed by atoms with van der Waals surface area (Å²) in [6, 6.07) is 0. The molecular formula is C14H24O2. The molecule has 0 aliphatic heterocycles. The molecule has 0 aliphatic rings. The van der Waals surface area contributed by atoms with Gasteiger partial charge in [0.15, 0.2) is 0 Å². The van der Waals surface area contributed by atoms with Crippen LogP contribution in [-0.4, -0.2) is 12.6 Å². The monoisotopic (exact) mass is 224 g/mol. The van der Waals surface area contributed by atoms with Crippen LogP contribution in [0.1, 0.15) is 51.9 Å². The number of carbonyl (C=O) groups excluding carboxylic acids is 1. The Balaban J connectivity index is 3.04. The maximum absolute atomic E-state index is 10.5. The van der Waals surface area contributed by atoms with Crippen LogP contribution in [0.15, 0.2) is 24.8 Å². The minimum atomic E-state index is -0.174. The highest BCUT2D eigenvalue weighted by molar-refractivity contribution is 5.65. The van der Waals surface area contributed by atoms with Gasteiger partial charge in [-0.3, -0.25) is 4.79 Å². The lowest BCUT2D eigenvalue weighted by atomic mass is 10.1. The minimum Gasteiger partial charge on any atom is -0.466 e. The first kappa shape index (κ1) is 14.9. The molecule has 0 saturated heterocycles. The highest BCUT2D eigenvalue weighted by Gasteiger charge is 1.93. The van der Waals surface area contributed by atoms with Gasteiger partial charge in [-0.2, -0.15) is 0 Å². The molecule has 0 fully saturated rings. The summed E-state index contributed by atoms with van der Waals surface area (Å²) in [6.07, 6.45) is 14.3. The Morgan fingerprint density at radius 1 is 1.12 bits per heavy atom. The Labute approximate surface area is 99.4 Å². The topological polar surface area (TPSA) is 26.3 Å². The summed E-state index contributed by atoms with van der Waals surface area (Å²) >= 11 is 0. The number of esters is 1. The molecule has 0 rings (SSSR count). The van der Waals surface area contributed by atoms with Crippen molar-refractivity contribution in [2.24, 2.45) is 0 Å². The fourth-order valence-electron chi connectivity index (χ4n) is 1.42. The molecule has 0 radical (unpaired) electrons. The van der Waals surface area contributed by atoms with Crippen LogP contribution in [0, 0.1) is 0 Å². The van der Waals surface area contributed by atoms with Crippen LogP contribution in [0.5, 0.6) is 0 Å². The molecule has 0 spiro atoms. The fourth-order valence-corrected chi connectivity index (χ4v) is 1.42. The molecule has 0 aromatic rings. The molecule has 0 aliphatic carbocycles. The van der Waals surface area contributed by atoms with Gasteiger partial charge in [-0.1, -0.05) is 37.5 Å². The van der Waals surface area contributed by atoms with Gasteiger partial charge in [0.05, 0.1) is 6.61 Å². The molecule has 0 unspecified atom stereocenters. The Morgan fingerprint density at radius 2 is 1.81 bits per heavy atom. The first-order valence-electron chi connectivity index (χ1n) is 6.16. The van der Waals surface area contributed by atoms with Gasteiger partial charge in [0.25, 0.3) is 0 Å². The molecule has 0 bridgehead atoms. The summed E-state index contributed by atoms with van der Waals surface area (Å²) in [5, 5.41) is 0. The fraction of sp³-hybridized carbons (Fsp3) is 0.643. The molecule has 0 amide bonds. The standard InChI is InChI=1S/C14H24O2/c1-3-4-5-6-7-8-9-10-11-12-13-16-14(2)15/h3,5-6H,1,4,7-13H2,2H3/b6-5+. The molecule has 0 aromatic carbocycles. The molecule has 2 nitrogen and oxygen atoms in total. The number of hydrogen-bond acceptors (Lipinski definition) is 2. The Bertz CT molecular complexity index is 207. The van der Waals surface area contributed by atoms with Gasteiger partial charge >= 0.3 is 5.97 Å². The van der Waals surface area contributed by atoms with Crippen molar-refractivity contribution in [3.05, 3.63) is 24.8 Å². The van der Waals surface area contributed by atoms with Crippen molar-refractivity contribution in [2.75, 3.05) is 6.61 Å². The normalized spacial score (nSPS) is 10.6. The van der Waals surface area contributed by atoms with E-state index in [4.69, 9.17) is 4.74 Å². The van der Waals surface area contributed by atoms with Crippen molar-refractivity contribution >= 4 is 5.97 Å². The van der Waals surface area contributed by atoms with E-state index in [0.717, 1.165) is 25.7 Å². The molecule has 0 saturated carbocycles. The van der Waals surface area contributed by atoms with Crippen molar-refractivity contribution < 1.29 is 9.53 Å². The van der Waals surface area contributed by atoms with Crippen molar-refractivity contribution in [3.8, 4) is 0 Å². The molecule has 16 heavy (non-hydrogen) atoms. The van der Waals surface area contributed by atoms with E-state index in [0.29, 0.717) is 6.61 Å². The predicted octanol–water partition coefficient (Wildman–Crippen LogP) is 4.02. The van der Waals surface area contributed by atoms with Gasteiger partial charge in [0.2, 0.25) is 0 Å². The van der Waals surface area contributed by atoms with Crippen LogP contribution in [-0.2, 0) is 9.53 Å². The van der Waals surface area contributed by atoms with Gasteiger partial charge < -0.3 is 4.74 Å². The Kier molecular flexibility index (Phi) is 11.2. The number of hydrogen-bond donors (Lipinski definition) is 0. The van der Waals surface area contributed by atoms with E-state index >= 15 is 0 Å². The van der Waals surface area contributed by atoms with Crippen LogP contribution in [0.4, 0.5) is 0 Å². The number of rotatable bonds is 10. The molecule has 0 heterocycles. The average Bonchev–Trinajstić information content (AvgIpc) is 2.25. The van der Waals surface area contributed by atoms with Crippen LogP contribution >= 0.6 is 0 Å². The summed E-state index contributed by atoms with van der Waals surface area (Å²) in [5.41, 5.74) is 0. The van der Waals surface area contributed by atoms with Crippen LogP contribution in [0.25, 0.3) is 0 Å². The van der Waals surface area contributed by atoms with E-state index in [1.54, 1.807) is 0 Å². The average molecular weight is 224 g/mol. The van der Waals surface area contributed by atoms with Crippen molar-refractivity contribution in [1.82, 2.24) is 0 Å². The quantitative estimate of drug-likeness (QED) is 0.318. The zero-order valence-electron chi connectivity index (χ0n) is 10.4. The lowest BCUT2D eigenvalue weighted by Gasteiger charge is -2.01. The molecule has 0 atom stereocenters. The van der Waals surface area contributed by atoms with E-state index in [-0.39, 0.29) is 5.97 Å². The predicted molar refractivity (Wildman–Crippen MR) is 68.3 cm³/mol. The van der Waals surface area contributed by atoms with Crippen LogP contribution in [0.2, 0.25) is 0 Å². The largest absolute Gasteiger partial charge is 0.466 e. The van der Waals surface area contributed by atoms with Crippen molar-refractivity contribution in [2.45, 2.75) is 51.9 Å². The molecule has 2 heteroatoms. The van der Waals surface area contributed by atoms with E-state index in [1.807, 2.05) is 6.08 Å².